The fourth-order valence-corrected chi connectivity index (χ4v) is 13.9. The minimum Gasteiger partial charge on any atom is -0.481 e. The molecule has 6 aromatic rings. The molecular weight excluding hydrogens is 1970 g/mol. The molecule has 0 amide bonds. The molecule has 0 aliphatic rings. The highest BCUT2D eigenvalue weighted by molar-refractivity contribution is 5.80. The van der Waals surface area contributed by atoms with E-state index in [4.69, 9.17) is 127 Å². The van der Waals surface area contributed by atoms with Gasteiger partial charge in [-0.05, 0) is 176 Å². The van der Waals surface area contributed by atoms with Crippen LogP contribution >= 0.6 is 0 Å². The lowest BCUT2D eigenvalue weighted by atomic mass is 9.96. The van der Waals surface area contributed by atoms with Gasteiger partial charge in [-0.25, -0.2) is 0 Å². The summed E-state index contributed by atoms with van der Waals surface area (Å²) < 4.78 is 70.9. The maximum Gasteiger partial charge on any atom is 0.307 e. The van der Waals surface area contributed by atoms with Gasteiger partial charge < -0.3 is 141 Å². The standard InChI is InChI=1S/C20H28O9.2C18H24O9.C16H20O9.C14H16O9.C10H12O6/c21-13-28-15(10-12-19(24)25)4-2-6-17-9-8-16(29-17)5-1-3-14(20(26)27)7-11-18(22)23;19-11-26-13(8-10-17(22)23)4-5-15-7-6-14(27-15)3-1-12(18(24)25)2-9-16(20)21;19-11-25-10-16(26-12-20)6-2-5-15-8-7-14(27-15)4-1-3-13(18(23)24)9-17(21)22;17-9-23-8-14(24-10-18)6-5-13-4-3-12(25-13)2-1-11(16(21)22)7-15(19)20;15-7-21-6-12(22-8-16)5-11-2-1-10(23-11)3-9(14(19)20)4-13(17)18;11-5-8-2-1-7(16-8)3-6(10(14)15)4-9(12)13/h8-9,13-15H,1-7,10-12H2,(H,22,23)(H,24,25)(H,26,27);6-7,11-13H,1-5,8-10H2,(H,20,21)(H,22,23)(H,24,25);7-8,11-13,16H,1-6,9-10H2,(H,21,22)(H,23,24);3-4,9-11,14H,1-2,5-8H2,(H,19,20)(H,21,22);1-2,7-9,12H,3-6H2,(H,17,18)(H,19,20);1-2,6,11H,3-5H2,(H,12,13)(H,14,15). The van der Waals surface area contributed by atoms with Crippen molar-refractivity contribution in [3.63, 3.8) is 0 Å². The predicted octanol–water partition coefficient (Wildman–Crippen LogP) is 8.61. The Morgan fingerprint density at radius 3 is 0.762 bits per heavy atom. The summed E-state index contributed by atoms with van der Waals surface area (Å²) in [6, 6.07) is 20.3. The largest absolute Gasteiger partial charge is 0.481 e. The van der Waals surface area contributed by atoms with E-state index in [1.165, 1.54) is 18.2 Å². The van der Waals surface area contributed by atoms with E-state index in [0.29, 0.717) is 187 Å². The molecule has 51 nitrogen and oxygen atoms in total. The molecule has 0 spiro atoms. The molecular formula is C96H124O51. The van der Waals surface area contributed by atoms with Gasteiger partial charge >= 0.3 is 83.6 Å². The van der Waals surface area contributed by atoms with E-state index in [2.05, 4.69) is 14.2 Å². The Morgan fingerprint density at radius 2 is 0.442 bits per heavy atom. The molecule has 0 aromatic carbocycles. The van der Waals surface area contributed by atoms with Crippen molar-refractivity contribution >= 4 is 135 Å². The molecule has 0 bridgehead atoms. The minimum absolute atomic E-state index is 0.00162. The van der Waals surface area contributed by atoms with E-state index in [1.54, 1.807) is 36.4 Å². The first-order chi connectivity index (χ1) is 70.0. The highest BCUT2D eigenvalue weighted by Gasteiger charge is 2.29. The van der Waals surface area contributed by atoms with E-state index < -0.39 is 175 Å². The number of aryl methyl sites for hydroxylation is 8. The van der Waals surface area contributed by atoms with E-state index in [-0.39, 0.29) is 142 Å². The molecule has 814 valence electrons. The van der Waals surface area contributed by atoms with Crippen molar-refractivity contribution in [1.29, 1.82) is 0 Å². The van der Waals surface area contributed by atoms with Crippen molar-refractivity contribution in [2.45, 2.75) is 262 Å². The number of rotatable bonds is 80. The topological polar surface area (TPSA) is 832 Å². The third-order valence-corrected chi connectivity index (χ3v) is 21.4. The normalized spacial score (nSPS) is 12.8. The summed E-state index contributed by atoms with van der Waals surface area (Å²) in [4.78, 5) is 234. The molecule has 0 aliphatic heterocycles. The Balaban J connectivity index is 0.000000888. The second-order valence-corrected chi connectivity index (χ2v) is 32.6. The van der Waals surface area contributed by atoms with Crippen molar-refractivity contribution < 1.29 is 246 Å². The Kier molecular flexibility index (Phi) is 67.2. The lowest BCUT2D eigenvalue weighted by Crippen LogP contribution is -2.21. The second kappa shape index (κ2) is 76.6. The summed E-state index contributed by atoms with van der Waals surface area (Å²) in [6.07, 6.45) is 4.78. The van der Waals surface area contributed by atoms with Crippen LogP contribution in [-0.2, 0) is 221 Å². The van der Waals surface area contributed by atoms with Gasteiger partial charge in [-0.3, -0.25) is 105 Å². The summed E-state index contributed by atoms with van der Waals surface area (Å²) in [5, 5.41) is 132. The SMILES string of the molecule is O=C(O)CC(Cc1ccc(CO)o1)C(=O)O.O=COC(CCC(=O)O)CCc1ccc(CCC(CCC(=O)O)C(=O)O)o1.O=COC(CCCc1ccc(CCCC(CCC(=O)O)C(=O)O)o1)CCC(=O)O.O=COCC(CCCc1ccc(CCCC(CC(=O)O)C(=O)O)o1)OC=O.O=COCC(CCc1ccc(CCC(CC(=O)O)C(=O)O)o1)OC=O.O=COCC(Cc1ccc(CC(CC(=O)O)C(=O)O)o1)OC=O. The van der Waals surface area contributed by atoms with Crippen LogP contribution in [-0.4, -0.2) is 262 Å². The van der Waals surface area contributed by atoms with Crippen molar-refractivity contribution in [2.24, 2.45) is 35.5 Å². The quantitative estimate of drug-likeness (QED) is 0.0125. The molecule has 147 heavy (non-hydrogen) atoms. The molecule has 6 rings (SSSR count). The van der Waals surface area contributed by atoms with E-state index in [9.17, 15) is 105 Å². The van der Waals surface area contributed by atoms with Gasteiger partial charge in [0.15, 0.2) is 0 Å². The van der Waals surface area contributed by atoms with Crippen molar-refractivity contribution in [3.05, 3.63) is 142 Å². The molecule has 15 N–H and O–H groups in total. The zero-order valence-electron chi connectivity index (χ0n) is 79.9. The van der Waals surface area contributed by atoms with Crippen molar-refractivity contribution in [3.8, 4) is 0 Å². The number of aliphatic hydroxyl groups is 1. The molecule has 0 saturated heterocycles. The van der Waals surface area contributed by atoms with E-state index in [0.717, 1.165) is 17.3 Å². The average molecular weight is 2090 g/mol. The lowest BCUT2D eigenvalue weighted by molar-refractivity contribution is -0.148. The summed E-state index contributed by atoms with van der Waals surface area (Å²) in [6.45, 7) is 1.77. The number of hydrogen-bond acceptors (Lipinski definition) is 37. The Morgan fingerprint density at radius 1 is 0.218 bits per heavy atom. The Labute approximate surface area is 837 Å². The number of carbonyl (C=O) groups excluding carboxylic acids is 8. The summed E-state index contributed by atoms with van der Waals surface area (Å²) in [5.74, 6) is -14.1. The van der Waals surface area contributed by atoms with Crippen LogP contribution in [0, 0.1) is 35.5 Å². The predicted molar refractivity (Wildman–Crippen MR) is 488 cm³/mol. The number of aliphatic carboxylic acids is 14. The lowest BCUT2D eigenvalue weighted by Gasteiger charge is -2.13. The maximum atomic E-state index is 11.2. The molecule has 11 unspecified atom stereocenters. The van der Waals surface area contributed by atoms with Gasteiger partial charge in [0, 0.05) is 96.3 Å². The van der Waals surface area contributed by atoms with E-state index >= 15 is 0 Å². The first kappa shape index (κ1) is 129. The molecule has 0 fully saturated rings. The van der Waals surface area contributed by atoms with Crippen LogP contribution in [0.1, 0.15) is 223 Å². The third-order valence-electron chi connectivity index (χ3n) is 21.4. The van der Waals surface area contributed by atoms with Crippen LogP contribution in [0.15, 0.2) is 99.3 Å². The highest BCUT2D eigenvalue weighted by atomic mass is 16.6. The van der Waals surface area contributed by atoms with Crippen LogP contribution in [0.5, 0.6) is 0 Å². The first-order valence-corrected chi connectivity index (χ1v) is 45.8. The van der Waals surface area contributed by atoms with Gasteiger partial charge in [-0.15, -0.1) is 0 Å². The van der Waals surface area contributed by atoms with Crippen molar-refractivity contribution in [1.82, 2.24) is 0 Å². The molecule has 0 aliphatic carbocycles. The molecule has 6 aromatic heterocycles. The molecule has 6 heterocycles. The van der Waals surface area contributed by atoms with Crippen molar-refractivity contribution in [2.75, 3.05) is 19.8 Å². The fourth-order valence-electron chi connectivity index (χ4n) is 13.9. The highest BCUT2D eigenvalue weighted by Crippen LogP contribution is 2.27. The zero-order valence-corrected chi connectivity index (χ0v) is 79.9. The first-order valence-electron chi connectivity index (χ1n) is 45.8. The zero-order chi connectivity index (χ0) is 110. The van der Waals surface area contributed by atoms with Crippen LogP contribution in [0.4, 0.5) is 0 Å². The summed E-state index contributed by atoms with van der Waals surface area (Å²) in [5.41, 5.74) is 0. The number of carboxylic acids is 14. The van der Waals surface area contributed by atoms with Gasteiger partial charge in [0.05, 0.1) is 61.2 Å². The van der Waals surface area contributed by atoms with Gasteiger partial charge in [0.1, 0.15) is 126 Å². The van der Waals surface area contributed by atoms with Crippen LogP contribution in [0.2, 0.25) is 0 Å². The van der Waals surface area contributed by atoms with Gasteiger partial charge in [0.2, 0.25) is 0 Å². The average Bonchev–Trinajstić information content (AvgIpc) is 1.74. The molecule has 51 heteroatoms. The summed E-state index contributed by atoms with van der Waals surface area (Å²) in [7, 11) is 0. The molecule has 0 radical (unpaired) electrons. The molecule has 11 atom stereocenters. The molecule has 0 saturated carbocycles. The third kappa shape index (κ3) is 63.6. The number of ether oxygens (including phenoxy) is 8. The Hall–Kier alpha value is -16.0. The number of carboxylic acid groups (broad SMARTS) is 14. The Bertz CT molecular complexity index is 4970. The minimum atomic E-state index is -1.23. The van der Waals surface area contributed by atoms with Gasteiger partial charge in [0.25, 0.3) is 51.8 Å². The number of hydrogen-bond donors (Lipinski definition) is 15. The second-order valence-electron chi connectivity index (χ2n) is 32.6. The number of aliphatic hydroxyl groups excluding tert-OH is 1. The van der Waals surface area contributed by atoms with Gasteiger partial charge in [-0.2, -0.15) is 0 Å². The maximum absolute atomic E-state index is 11.2. The fraction of sp³-hybridized carbons (Fsp3) is 0.521. The van der Waals surface area contributed by atoms with Gasteiger partial charge in [-0.1, -0.05) is 0 Å². The van der Waals surface area contributed by atoms with Crippen LogP contribution < -0.4 is 0 Å². The monoisotopic (exact) mass is 2090 g/mol. The van der Waals surface area contributed by atoms with Crippen LogP contribution in [0.3, 0.4) is 0 Å². The summed E-state index contributed by atoms with van der Waals surface area (Å²) >= 11 is 0. The number of furan rings is 6. The number of carbonyl (C=O) groups is 22. The smallest absolute Gasteiger partial charge is 0.307 e. The van der Waals surface area contributed by atoms with Crippen LogP contribution in [0.25, 0.3) is 0 Å². The van der Waals surface area contributed by atoms with E-state index in [1.807, 2.05) is 18.2 Å².